The normalized spacial score (nSPS) is 11.6. The third kappa shape index (κ3) is 5.12. The Balaban J connectivity index is 1.77. The predicted molar refractivity (Wildman–Crippen MR) is 124 cm³/mol. The van der Waals surface area contributed by atoms with Crippen molar-refractivity contribution in [3.63, 3.8) is 0 Å². The molecule has 31 heavy (non-hydrogen) atoms. The summed E-state index contributed by atoms with van der Waals surface area (Å²) in [6, 6.07) is 17.3. The first-order valence-electron chi connectivity index (χ1n) is 10.4. The molecule has 0 fully saturated rings. The highest BCUT2D eigenvalue weighted by Gasteiger charge is 2.18. The van der Waals surface area contributed by atoms with Crippen molar-refractivity contribution in [3.8, 4) is 17.0 Å². The second kappa shape index (κ2) is 9.93. The van der Waals surface area contributed by atoms with E-state index in [2.05, 4.69) is 29.2 Å². The first-order valence-corrected chi connectivity index (χ1v) is 10.4. The third-order valence-electron chi connectivity index (χ3n) is 5.22. The van der Waals surface area contributed by atoms with E-state index in [-0.39, 0.29) is 11.5 Å². The minimum absolute atomic E-state index is 0.308. The lowest BCUT2D eigenvalue weighted by Gasteiger charge is -2.21. The summed E-state index contributed by atoms with van der Waals surface area (Å²) < 4.78 is 6.38. The number of hydrogen-bond acceptors (Lipinski definition) is 5. The molecule has 0 bridgehead atoms. The Bertz CT molecular complexity index is 1070. The van der Waals surface area contributed by atoms with Crippen molar-refractivity contribution >= 4 is 17.3 Å². The number of ether oxygens (including phenoxy) is 1. The number of carbonyl (C=O) groups is 1. The van der Waals surface area contributed by atoms with Gasteiger partial charge in [0.15, 0.2) is 0 Å². The quantitative estimate of drug-likeness (QED) is 0.597. The Kier molecular flexibility index (Phi) is 7.07. The summed E-state index contributed by atoms with van der Waals surface area (Å²) in [5, 5.41) is 7.29. The Morgan fingerprint density at radius 2 is 1.68 bits per heavy atom. The number of methoxy groups -OCH3 is 1. The molecule has 0 aliphatic carbocycles. The number of rotatable bonds is 8. The van der Waals surface area contributed by atoms with Crippen molar-refractivity contribution in [2.45, 2.75) is 26.8 Å². The molecule has 1 heterocycles. The van der Waals surface area contributed by atoms with Crippen LogP contribution in [-0.2, 0) is 4.79 Å². The van der Waals surface area contributed by atoms with E-state index in [1.807, 2.05) is 48.5 Å². The fourth-order valence-electron chi connectivity index (χ4n) is 3.32. The van der Waals surface area contributed by atoms with Gasteiger partial charge in [-0.05, 0) is 75.4 Å². The Hall–Kier alpha value is -3.61. The average molecular weight is 421 g/mol. The monoisotopic (exact) mass is 420 g/mol. The molecule has 1 aromatic heterocycles. The summed E-state index contributed by atoms with van der Waals surface area (Å²) >= 11 is 0. The van der Waals surface area contributed by atoms with Crippen LogP contribution in [0, 0.1) is 0 Å². The third-order valence-corrected chi connectivity index (χ3v) is 5.22. The van der Waals surface area contributed by atoms with Gasteiger partial charge < -0.3 is 15.0 Å². The molecule has 162 valence electrons. The van der Waals surface area contributed by atoms with Crippen LogP contribution in [0.15, 0.2) is 65.5 Å². The fourth-order valence-corrected chi connectivity index (χ4v) is 3.32. The van der Waals surface area contributed by atoms with Crippen LogP contribution >= 0.6 is 0 Å². The first-order chi connectivity index (χ1) is 15.0. The zero-order chi connectivity index (χ0) is 22.4. The fraction of sp³-hybridized carbons (Fsp3) is 0.292. The number of anilines is 2. The molecular formula is C24H28N4O3. The minimum Gasteiger partial charge on any atom is -0.497 e. The molecule has 1 unspecified atom stereocenters. The highest BCUT2D eigenvalue weighted by Crippen LogP contribution is 2.21. The molecule has 0 saturated heterocycles. The summed E-state index contributed by atoms with van der Waals surface area (Å²) in [4.78, 5) is 27.4. The van der Waals surface area contributed by atoms with Crippen molar-refractivity contribution in [2.24, 2.45) is 0 Å². The van der Waals surface area contributed by atoms with E-state index in [4.69, 9.17) is 4.74 Å². The standard InChI is InChI=1S/C24H28N4O3/c1-5-27(6-2)20-11-9-19(10-12-20)25-24(30)17(3)28-23(29)16-15-22(26-28)18-7-13-21(31-4)14-8-18/h7-17H,5-6H2,1-4H3,(H,25,30). The molecule has 7 nitrogen and oxygen atoms in total. The van der Waals surface area contributed by atoms with E-state index in [0.717, 1.165) is 30.1 Å². The molecule has 1 N–H and O–H groups in total. The Labute approximate surface area is 182 Å². The number of benzene rings is 2. The number of nitrogens with zero attached hydrogens (tertiary/aromatic N) is 3. The van der Waals surface area contributed by atoms with Crippen molar-refractivity contribution in [3.05, 3.63) is 71.0 Å². The summed E-state index contributed by atoms with van der Waals surface area (Å²) in [7, 11) is 1.60. The van der Waals surface area contributed by atoms with Gasteiger partial charge in [0.25, 0.3) is 5.56 Å². The van der Waals surface area contributed by atoms with Crippen LogP contribution in [0.1, 0.15) is 26.8 Å². The molecule has 0 spiro atoms. The number of hydrogen-bond donors (Lipinski definition) is 1. The van der Waals surface area contributed by atoms with E-state index in [0.29, 0.717) is 11.4 Å². The van der Waals surface area contributed by atoms with Crippen molar-refractivity contribution in [2.75, 3.05) is 30.4 Å². The number of amides is 1. The molecule has 2 aromatic carbocycles. The summed E-state index contributed by atoms with van der Waals surface area (Å²) in [5.74, 6) is 0.425. The van der Waals surface area contributed by atoms with Crippen LogP contribution < -0.4 is 20.5 Å². The summed E-state index contributed by atoms with van der Waals surface area (Å²) in [5.41, 5.74) is 2.87. The SMILES string of the molecule is CCN(CC)c1ccc(NC(=O)C(C)n2nc(-c3ccc(OC)cc3)ccc2=O)cc1. The van der Waals surface area contributed by atoms with Gasteiger partial charge in [-0.15, -0.1) is 0 Å². The smallest absolute Gasteiger partial charge is 0.267 e. The van der Waals surface area contributed by atoms with Crippen LogP contribution in [0.3, 0.4) is 0 Å². The molecule has 1 amide bonds. The van der Waals surface area contributed by atoms with Crippen LogP contribution in [0.25, 0.3) is 11.3 Å². The number of aromatic nitrogens is 2. The second-order valence-electron chi connectivity index (χ2n) is 7.11. The lowest BCUT2D eigenvalue weighted by molar-refractivity contribution is -0.119. The average Bonchev–Trinajstić information content (AvgIpc) is 2.81. The van der Waals surface area contributed by atoms with Crippen LogP contribution in [0.5, 0.6) is 5.75 Å². The van der Waals surface area contributed by atoms with Crippen LogP contribution in [-0.4, -0.2) is 35.9 Å². The zero-order valence-corrected chi connectivity index (χ0v) is 18.3. The van der Waals surface area contributed by atoms with E-state index in [1.165, 1.54) is 10.7 Å². The lowest BCUT2D eigenvalue weighted by Crippen LogP contribution is -2.33. The van der Waals surface area contributed by atoms with Gasteiger partial charge in [-0.25, -0.2) is 4.68 Å². The maximum atomic E-state index is 12.8. The molecule has 3 aromatic rings. The largest absolute Gasteiger partial charge is 0.497 e. The Morgan fingerprint density at radius 1 is 1.03 bits per heavy atom. The minimum atomic E-state index is -0.770. The molecule has 3 rings (SSSR count). The van der Waals surface area contributed by atoms with Gasteiger partial charge in [-0.3, -0.25) is 9.59 Å². The maximum Gasteiger partial charge on any atom is 0.267 e. The lowest BCUT2D eigenvalue weighted by atomic mass is 10.1. The summed E-state index contributed by atoms with van der Waals surface area (Å²) in [6.07, 6.45) is 0. The zero-order valence-electron chi connectivity index (χ0n) is 18.3. The summed E-state index contributed by atoms with van der Waals surface area (Å²) in [6.45, 7) is 7.69. The van der Waals surface area contributed by atoms with Gasteiger partial charge in [0.1, 0.15) is 11.8 Å². The van der Waals surface area contributed by atoms with E-state index >= 15 is 0 Å². The van der Waals surface area contributed by atoms with Gasteiger partial charge in [-0.2, -0.15) is 5.10 Å². The molecular weight excluding hydrogens is 392 g/mol. The van der Waals surface area contributed by atoms with Gasteiger partial charge in [-0.1, -0.05) is 0 Å². The van der Waals surface area contributed by atoms with Crippen LogP contribution in [0.2, 0.25) is 0 Å². The van der Waals surface area contributed by atoms with E-state index in [1.54, 1.807) is 20.1 Å². The van der Waals surface area contributed by atoms with E-state index in [9.17, 15) is 9.59 Å². The van der Waals surface area contributed by atoms with Gasteiger partial charge in [0.05, 0.1) is 12.8 Å². The van der Waals surface area contributed by atoms with Crippen molar-refractivity contribution < 1.29 is 9.53 Å². The van der Waals surface area contributed by atoms with Gasteiger partial charge in [0, 0.05) is 36.1 Å². The van der Waals surface area contributed by atoms with Crippen molar-refractivity contribution in [1.82, 2.24) is 9.78 Å². The predicted octanol–water partition coefficient (Wildman–Crippen LogP) is 3.96. The molecule has 0 saturated carbocycles. The molecule has 0 radical (unpaired) electrons. The van der Waals surface area contributed by atoms with E-state index < -0.39 is 6.04 Å². The highest BCUT2D eigenvalue weighted by atomic mass is 16.5. The van der Waals surface area contributed by atoms with Gasteiger partial charge in [0.2, 0.25) is 5.91 Å². The maximum absolute atomic E-state index is 12.8. The molecule has 1 atom stereocenters. The van der Waals surface area contributed by atoms with Crippen molar-refractivity contribution in [1.29, 1.82) is 0 Å². The number of nitrogens with one attached hydrogen (secondary N) is 1. The van der Waals surface area contributed by atoms with Gasteiger partial charge >= 0.3 is 0 Å². The first kappa shape index (κ1) is 22.1. The highest BCUT2D eigenvalue weighted by molar-refractivity contribution is 5.93. The molecule has 7 heteroatoms. The topological polar surface area (TPSA) is 76.5 Å². The number of carbonyl (C=O) groups excluding carboxylic acids is 1. The van der Waals surface area contributed by atoms with Crippen LogP contribution in [0.4, 0.5) is 11.4 Å². The molecule has 0 aliphatic rings. The molecule has 0 aliphatic heterocycles. The Morgan fingerprint density at radius 3 is 2.26 bits per heavy atom. The second-order valence-corrected chi connectivity index (χ2v) is 7.11.